The molecule has 1 rings (SSSR count). The van der Waals surface area contributed by atoms with Gasteiger partial charge < -0.3 is 19.5 Å². The highest BCUT2D eigenvalue weighted by Crippen LogP contribution is 2.04. The van der Waals surface area contributed by atoms with E-state index in [9.17, 15) is 0 Å². The van der Waals surface area contributed by atoms with Crippen LogP contribution in [0.2, 0.25) is 0 Å². The highest BCUT2D eigenvalue weighted by atomic mass is 16.5. The van der Waals surface area contributed by atoms with Crippen LogP contribution in [-0.4, -0.2) is 61.0 Å². The molecule has 1 heterocycles. The molecule has 0 saturated heterocycles. The molecule has 122 valence electrons. The number of hydrogen-bond donors (Lipinski definition) is 1. The molecule has 0 aliphatic rings. The molecular formula is C15H30N4O2. The minimum absolute atomic E-state index is 0.228. The zero-order valence-corrected chi connectivity index (χ0v) is 13.9. The van der Waals surface area contributed by atoms with Crippen molar-refractivity contribution in [1.29, 1.82) is 0 Å². The number of aromatic nitrogens is 2. The molecule has 6 nitrogen and oxygen atoms in total. The van der Waals surface area contributed by atoms with Crippen LogP contribution in [0.1, 0.15) is 38.9 Å². The second-order valence-electron chi connectivity index (χ2n) is 5.19. The van der Waals surface area contributed by atoms with Crippen LogP contribution in [0.4, 0.5) is 0 Å². The molecule has 0 radical (unpaired) electrons. The maximum atomic E-state index is 5.35. The van der Waals surface area contributed by atoms with Crippen LogP contribution in [0.15, 0.2) is 4.52 Å². The van der Waals surface area contributed by atoms with Gasteiger partial charge in [0, 0.05) is 32.5 Å². The third kappa shape index (κ3) is 7.02. The van der Waals surface area contributed by atoms with Gasteiger partial charge in [0.05, 0.1) is 6.61 Å². The van der Waals surface area contributed by atoms with Crippen molar-refractivity contribution >= 4 is 0 Å². The first-order valence-electron chi connectivity index (χ1n) is 7.99. The number of ether oxygens (including phenoxy) is 1. The summed E-state index contributed by atoms with van der Waals surface area (Å²) in [6.45, 7) is 11.2. The van der Waals surface area contributed by atoms with Gasteiger partial charge in [-0.3, -0.25) is 0 Å². The Morgan fingerprint density at radius 3 is 2.67 bits per heavy atom. The van der Waals surface area contributed by atoms with E-state index in [1.165, 1.54) is 0 Å². The molecule has 0 aliphatic carbocycles. The fourth-order valence-corrected chi connectivity index (χ4v) is 2.22. The summed E-state index contributed by atoms with van der Waals surface area (Å²) >= 11 is 0. The van der Waals surface area contributed by atoms with Gasteiger partial charge in [-0.05, 0) is 26.1 Å². The Labute approximate surface area is 128 Å². The zero-order valence-electron chi connectivity index (χ0n) is 13.9. The molecule has 1 aromatic rings. The van der Waals surface area contributed by atoms with E-state index in [0.717, 1.165) is 44.8 Å². The van der Waals surface area contributed by atoms with Gasteiger partial charge in [-0.25, -0.2) is 0 Å². The summed E-state index contributed by atoms with van der Waals surface area (Å²) in [5.41, 5.74) is 0. The van der Waals surface area contributed by atoms with Gasteiger partial charge >= 0.3 is 0 Å². The van der Waals surface area contributed by atoms with Gasteiger partial charge in [-0.1, -0.05) is 25.9 Å². The van der Waals surface area contributed by atoms with Crippen LogP contribution >= 0.6 is 0 Å². The van der Waals surface area contributed by atoms with E-state index < -0.39 is 0 Å². The Kier molecular flexibility index (Phi) is 9.21. The molecule has 1 unspecified atom stereocenters. The van der Waals surface area contributed by atoms with E-state index in [1.54, 1.807) is 7.11 Å². The third-order valence-electron chi connectivity index (χ3n) is 3.53. The summed E-state index contributed by atoms with van der Waals surface area (Å²) < 4.78 is 10.6. The molecular weight excluding hydrogens is 268 g/mol. The fourth-order valence-electron chi connectivity index (χ4n) is 2.22. The minimum Gasteiger partial charge on any atom is -0.383 e. The van der Waals surface area contributed by atoms with Gasteiger partial charge in [-0.15, -0.1) is 0 Å². The van der Waals surface area contributed by atoms with Gasteiger partial charge in [0.15, 0.2) is 5.82 Å². The molecule has 0 aliphatic heterocycles. The van der Waals surface area contributed by atoms with Crippen LogP contribution in [0.3, 0.4) is 0 Å². The summed E-state index contributed by atoms with van der Waals surface area (Å²) in [6.07, 6.45) is 2.65. The van der Waals surface area contributed by atoms with Crippen LogP contribution in [0, 0.1) is 0 Å². The predicted molar refractivity (Wildman–Crippen MR) is 83.5 cm³/mol. The first-order valence-corrected chi connectivity index (χ1v) is 7.99. The Morgan fingerprint density at radius 2 is 2.05 bits per heavy atom. The van der Waals surface area contributed by atoms with Crippen molar-refractivity contribution in [1.82, 2.24) is 20.4 Å². The predicted octanol–water partition coefficient (Wildman–Crippen LogP) is 1.51. The van der Waals surface area contributed by atoms with Crippen LogP contribution < -0.4 is 5.32 Å². The van der Waals surface area contributed by atoms with Crippen LogP contribution in [0.5, 0.6) is 0 Å². The quantitative estimate of drug-likeness (QED) is 0.631. The molecule has 1 aromatic heterocycles. The van der Waals surface area contributed by atoms with E-state index in [1.807, 2.05) is 0 Å². The highest BCUT2D eigenvalue weighted by Gasteiger charge is 2.14. The minimum atomic E-state index is 0.228. The van der Waals surface area contributed by atoms with Gasteiger partial charge in [-0.2, -0.15) is 4.98 Å². The number of nitrogens with zero attached hydrogens (tertiary/aromatic N) is 3. The fraction of sp³-hybridized carbons (Fsp3) is 0.867. The standard InChI is InChI=1S/C15H30N4O2/c1-5-9-16-13(12-20-4)11-15-17-14(18-21-15)8-10-19(6-2)7-3/h13,16H,5-12H2,1-4H3. The maximum Gasteiger partial charge on any atom is 0.228 e. The largest absolute Gasteiger partial charge is 0.383 e. The lowest BCUT2D eigenvalue weighted by Crippen LogP contribution is -2.35. The normalized spacial score (nSPS) is 13.0. The molecule has 0 saturated carbocycles. The average Bonchev–Trinajstić information content (AvgIpc) is 2.93. The van der Waals surface area contributed by atoms with E-state index in [-0.39, 0.29) is 6.04 Å². The number of rotatable bonds is 12. The number of hydrogen-bond acceptors (Lipinski definition) is 6. The maximum absolute atomic E-state index is 5.35. The lowest BCUT2D eigenvalue weighted by molar-refractivity contribution is 0.161. The smallest absolute Gasteiger partial charge is 0.228 e. The van der Waals surface area contributed by atoms with Crippen molar-refractivity contribution in [3.63, 3.8) is 0 Å². The number of likely N-dealkylation sites (N-methyl/N-ethyl adjacent to an activating group) is 1. The van der Waals surface area contributed by atoms with Crippen molar-refractivity contribution in [2.75, 3.05) is 39.9 Å². The molecule has 6 heteroatoms. The monoisotopic (exact) mass is 298 g/mol. The average molecular weight is 298 g/mol. The SMILES string of the molecule is CCCNC(COC)Cc1nc(CCN(CC)CC)no1. The number of methoxy groups -OCH3 is 1. The first kappa shape index (κ1) is 18.1. The Balaban J connectivity index is 2.45. The van der Waals surface area contributed by atoms with Crippen molar-refractivity contribution in [3.8, 4) is 0 Å². The molecule has 21 heavy (non-hydrogen) atoms. The lowest BCUT2D eigenvalue weighted by Gasteiger charge is -2.16. The van der Waals surface area contributed by atoms with E-state index in [0.29, 0.717) is 18.9 Å². The zero-order chi connectivity index (χ0) is 15.5. The molecule has 0 fully saturated rings. The summed E-state index contributed by atoms with van der Waals surface area (Å²) in [7, 11) is 1.71. The van der Waals surface area contributed by atoms with Crippen LogP contribution in [0.25, 0.3) is 0 Å². The molecule has 0 spiro atoms. The van der Waals surface area contributed by atoms with Gasteiger partial charge in [0.2, 0.25) is 5.89 Å². The molecule has 1 N–H and O–H groups in total. The topological polar surface area (TPSA) is 63.4 Å². The second-order valence-corrected chi connectivity index (χ2v) is 5.19. The Bertz CT molecular complexity index is 366. The van der Waals surface area contributed by atoms with Crippen molar-refractivity contribution in [3.05, 3.63) is 11.7 Å². The van der Waals surface area contributed by atoms with E-state index in [2.05, 4.69) is 41.1 Å². The second kappa shape index (κ2) is 10.7. The molecule has 0 amide bonds. The van der Waals surface area contributed by atoms with Crippen molar-refractivity contribution in [2.45, 2.75) is 46.1 Å². The van der Waals surface area contributed by atoms with E-state index in [4.69, 9.17) is 9.26 Å². The summed E-state index contributed by atoms with van der Waals surface area (Å²) in [6, 6.07) is 0.228. The first-order chi connectivity index (χ1) is 10.2. The molecule has 0 bridgehead atoms. The van der Waals surface area contributed by atoms with Gasteiger partial charge in [0.1, 0.15) is 0 Å². The molecule has 1 atom stereocenters. The summed E-state index contributed by atoms with van der Waals surface area (Å²) in [5.74, 6) is 1.48. The summed E-state index contributed by atoms with van der Waals surface area (Å²) in [4.78, 5) is 6.83. The van der Waals surface area contributed by atoms with Crippen molar-refractivity contribution in [2.24, 2.45) is 0 Å². The third-order valence-corrected chi connectivity index (χ3v) is 3.53. The number of nitrogens with one attached hydrogen (secondary N) is 1. The van der Waals surface area contributed by atoms with E-state index >= 15 is 0 Å². The summed E-state index contributed by atoms with van der Waals surface area (Å²) in [5, 5.41) is 7.50. The van der Waals surface area contributed by atoms with Crippen molar-refractivity contribution < 1.29 is 9.26 Å². The Morgan fingerprint density at radius 1 is 1.29 bits per heavy atom. The highest BCUT2D eigenvalue weighted by molar-refractivity contribution is 4.90. The lowest BCUT2D eigenvalue weighted by atomic mass is 10.2. The Hall–Kier alpha value is -0.980. The molecule has 0 aromatic carbocycles. The van der Waals surface area contributed by atoms with Crippen LogP contribution in [-0.2, 0) is 17.6 Å². The van der Waals surface area contributed by atoms with Gasteiger partial charge in [0.25, 0.3) is 0 Å².